The molecule has 94 valence electrons. The highest BCUT2D eigenvalue weighted by molar-refractivity contribution is 5.92. The maximum atomic E-state index is 11.0. The number of aryl methyl sites for hydroxylation is 1. The first-order chi connectivity index (χ1) is 8.63. The van der Waals surface area contributed by atoms with Gasteiger partial charge in [0.05, 0.1) is 12.9 Å². The lowest BCUT2D eigenvalue weighted by atomic mass is 10.1. The number of aromatic carboxylic acids is 1. The fourth-order valence-corrected chi connectivity index (χ4v) is 1.79. The third-order valence-electron chi connectivity index (χ3n) is 2.60. The molecule has 0 atom stereocenters. The summed E-state index contributed by atoms with van der Waals surface area (Å²) in [4.78, 5) is 17.7. The Morgan fingerprint density at radius 2 is 2.28 bits per heavy atom. The van der Waals surface area contributed by atoms with Gasteiger partial charge in [-0.25, -0.2) is 9.78 Å². The van der Waals surface area contributed by atoms with Crippen LogP contribution in [0.3, 0.4) is 0 Å². The standard InChI is InChI=1S/C13H14N2O3/c1-3-18-10-5-4-9(6-8(10)2)11-12(13(16)17)15-7-14-11/h4-7H,3H2,1-2H3,(H,14,15)(H,16,17). The minimum atomic E-state index is -1.02. The molecule has 0 bridgehead atoms. The molecule has 0 aliphatic rings. The summed E-state index contributed by atoms with van der Waals surface area (Å²) in [5.41, 5.74) is 2.25. The van der Waals surface area contributed by atoms with Gasteiger partial charge in [-0.05, 0) is 37.6 Å². The predicted octanol–water partition coefficient (Wildman–Crippen LogP) is 2.48. The second-order valence-electron chi connectivity index (χ2n) is 3.84. The van der Waals surface area contributed by atoms with Gasteiger partial charge in [-0.2, -0.15) is 0 Å². The van der Waals surface area contributed by atoms with Gasteiger partial charge in [0.15, 0.2) is 5.69 Å². The van der Waals surface area contributed by atoms with E-state index in [2.05, 4.69) is 9.97 Å². The SMILES string of the molecule is CCOc1ccc(-c2nc[nH]c2C(=O)O)cc1C. The zero-order valence-electron chi connectivity index (χ0n) is 10.2. The fraction of sp³-hybridized carbons (Fsp3) is 0.231. The van der Waals surface area contributed by atoms with Crippen molar-refractivity contribution < 1.29 is 14.6 Å². The van der Waals surface area contributed by atoms with E-state index in [-0.39, 0.29) is 5.69 Å². The number of nitrogens with zero attached hydrogens (tertiary/aromatic N) is 1. The van der Waals surface area contributed by atoms with Crippen LogP contribution in [0.5, 0.6) is 5.75 Å². The number of hydrogen-bond acceptors (Lipinski definition) is 3. The van der Waals surface area contributed by atoms with Crippen LogP contribution in [-0.4, -0.2) is 27.7 Å². The van der Waals surface area contributed by atoms with Gasteiger partial charge < -0.3 is 14.8 Å². The fourth-order valence-electron chi connectivity index (χ4n) is 1.79. The number of rotatable bonds is 4. The van der Waals surface area contributed by atoms with E-state index in [4.69, 9.17) is 9.84 Å². The number of nitrogens with one attached hydrogen (secondary N) is 1. The van der Waals surface area contributed by atoms with Crippen molar-refractivity contribution >= 4 is 5.97 Å². The van der Waals surface area contributed by atoms with Gasteiger partial charge in [-0.3, -0.25) is 0 Å². The van der Waals surface area contributed by atoms with E-state index in [1.54, 1.807) is 6.07 Å². The van der Waals surface area contributed by atoms with Crippen LogP contribution in [0.4, 0.5) is 0 Å². The van der Waals surface area contributed by atoms with E-state index in [9.17, 15) is 4.79 Å². The van der Waals surface area contributed by atoms with Crippen LogP contribution in [-0.2, 0) is 0 Å². The normalized spacial score (nSPS) is 10.3. The maximum absolute atomic E-state index is 11.0. The van der Waals surface area contributed by atoms with E-state index >= 15 is 0 Å². The van der Waals surface area contributed by atoms with Crippen LogP contribution in [0.15, 0.2) is 24.5 Å². The summed E-state index contributed by atoms with van der Waals surface area (Å²) in [7, 11) is 0. The van der Waals surface area contributed by atoms with Crippen molar-refractivity contribution in [2.45, 2.75) is 13.8 Å². The van der Waals surface area contributed by atoms with E-state index < -0.39 is 5.97 Å². The molecule has 2 aromatic rings. The topological polar surface area (TPSA) is 75.2 Å². The Hall–Kier alpha value is -2.30. The van der Waals surface area contributed by atoms with Gasteiger partial charge in [0.1, 0.15) is 11.4 Å². The van der Waals surface area contributed by atoms with Crippen molar-refractivity contribution in [1.82, 2.24) is 9.97 Å². The highest BCUT2D eigenvalue weighted by Gasteiger charge is 2.15. The average Bonchev–Trinajstić information content (AvgIpc) is 2.81. The van der Waals surface area contributed by atoms with Crippen molar-refractivity contribution in [3.63, 3.8) is 0 Å². The smallest absolute Gasteiger partial charge is 0.354 e. The number of aromatic amines is 1. The maximum Gasteiger partial charge on any atom is 0.354 e. The second kappa shape index (κ2) is 4.91. The van der Waals surface area contributed by atoms with Crippen molar-refractivity contribution in [2.75, 3.05) is 6.61 Å². The van der Waals surface area contributed by atoms with Crippen molar-refractivity contribution in [3.8, 4) is 17.0 Å². The highest BCUT2D eigenvalue weighted by Crippen LogP contribution is 2.26. The summed E-state index contributed by atoms with van der Waals surface area (Å²) in [5, 5.41) is 9.03. The number of imidazole rings is 1. The molecule has 5 nitrogen and oxygen atoms in total. The molecular formula is C13H14N2O3. The summed E-state index contributed by atoms with van der Waals surface area (Å²) in [5.74, 6) is -0.220. The zero-order chi connectivity index (χ0) is 13.1. The van der Waals surface area contributed by atoms with Crippen molar-refractivity contribution in [1.29, 1.82) is 0 Å². The van der Waals surface area contributed by atoms with E-state index in [0.29, 0.717) is 12.3 Å². The number of carbonyl (C=O) groups is 1. The van der Waals surface area contributed by atoms with Crippen LogP contribution >= 0.6 is 0 Å². The molecule has 5 heteroatoms. The third-order valence-corrected chi connectivity index (χ3v) is 2.60. The quantitative estimate of drug-likeness (QED) is 0.869. The lowest BCUT2D eigenvalue weighted by Gasteiger charge is -2.08. The van der Waals surface area contributed by atoms with Crippen LogP contribution in [0, 0.1) is 6.92 Å². The minimum Gasteiger partial charge on any atom is -0.494 e. The average molecular weight is 246 g/mol. The molecule has 2 N–H and O–H groups in total. The lowest BCUT2D eigenvalue weighted by Crippen LogP contribution is -1.99. The van der Waals surface area contributed by atoms with Gasteiger partial charge in [-0.1, -0.05) is 0 Å². The largest absolute Gasteiger partial charge is 0.494 e. The summed E-state index contributed by atoms with van der Waals surface area (Å²) in [6.07, 6.45) is 1.38. The Morgan fingerprint density at radius 1 is 1.50 bits per heavy atom. The third kappa shape index (κ3) is 2.20. The molecule has 0 saturated heterocycles. The Kier molecular flexibility index (Phi) is 3.32. The zero-order valence-corrected chi connectivity index (χ0v) is 10.2. The highest BCUT2D eigenvalue weighted by atomic mass is 16.5. The molecule has 0 aliphatic carbocycles. The second-order valence-corrected chi connectivity index (χ2v) is 3.84. The first kappa shape index (κ1) is 12.2. The van der Waals surface area contributed by atoms with Crippen LogP contribution in [0.2, 0.25) is 0 Å². The molecule has 0 amide bonds. The Labute approximate surface area is 104 Å². The molecule has 0 unspecified atom stereocenters. The molecule has 1 heterocycles. The molecule has 1 aromatic heterocycles. The van der Waals surface area contributed by atoms with Crippen LogP contribution in [0.25, 0.3) is 11.3 Å². The van der Waals surface area contributed by atoms with E-state index in [1.807, 2.05) is 26.0 Å². The van der Waals surface area contributed by atoms with Crippen LogP contribution in [0.1, 0.15) is 23.0 Å². The van der Waals surface area contributed by atoms with Gasteiger partial charge >= 0.3 is 5.97 Å². The monoisotopic (exact) mass is 246 g/mol. The Balaban J connectivity index is 2.42. The van der Waals surface area contributed by atoms with Crippen LogP contribution < -0.4 is 4.74 Å². The summed E-state index contributed by atoms with van der Waals surface area (Å²) in [6, 6.07) is 5.50. The molecule has 0 aliphatic heterocycles. The van der Waals surface area contributed by atoms with Crippen molar-refractivity contribution in [2.24, 2.45) is 0 Å². The first-order valence-corrected chi connectivity index (χ1v) is 5.64. The summed E-state index contributed by atoms with van der Waals surface area (Å²) in [6.45, 7) is 4.44. The number of ether oxygens (including phenoxy) is 1. The Bertz CT molecular complexity index is 575. The van der Waals surface area contributed by atoms with Gasteiger partial charge in [0, 0.05) is 5.56 Å². The molecule has 1 aromatic carbocycles. The molecule has 0 spiro atoms. The minimum absolute atomic E-state index is 0.0959. The number of carboxylic acid groups (broad SMARTS) is 1. The van der Waals surface area contributed by atoms with Gasteiger partial charge in [0.25, 0.3) is 0 Å². The summed E-state index contributed by atoms with van der Waals surface area (Å²) < 4.78 is 5.44. The van der Waals surface area contributed by atoms with E-state index in [0.717, 1.165) is 16.9 Å². The van der Waals surface area contributed by atoms with Gasteiger partial charge in [0.2, 0.25) is 0 Å². The molecule has 0 fully saturated rings. The van der Waals surface area contributed by atoms with Crippen molar-refractivity contribution in [3.05, 3.63) is 35.8 Å². The van der Waals surface area contributed by atoms with Gasteiger partial charge in [-0.15, -0.1) is 0 Å². The first-order valence-electron chi connectivity index (χ1n) is 5.64. The number of aromatic nitrogens is 2. The summed E-state index contributed by atoms with van der Waals surface area (Å²) >= 11 is 0. The molecule has 0 radical (unpaired) electrons. The molecule has 0 saturated carbocycles. The number of carboxylic acids is 1. The predicted molar refractivity (Wildman–Crippen MR) is 66.9 cm³/mol. The molecule has 18 heavy (non-hydrogen) atoms. The Morgan fingerprint density at radius 3 is 2.89 bits per heavy atom. The van der Waals surface area contributed by atoms with E-state index in [1.165, 1.54) is 6.33 Å². The molecular weight excluding hydrogens is 232 g/mol. The number of benzene rings is 1. The molecule has 2 rings (SSSR count). The lowest BCUT2D eigenvalue weighted by molar-refractivity contribution is 0.0692. The number of H-pyrrole nitrogens is 1. The number of hydrogen-bond donors (Lipinski definition) is 2.